The molecule has 3 heteroatoms. The molecule has 2 rings (SSSR count). The Morgan fingerprint density at radius 3 is 2.50 bits per heavy atom. The first-order chi connectivity index (χ1) is 10.3. The lowest BCUT2D eigenvalue weighted by Crippen LogP contribution is -2.45. The second-order valence-corrected chi connectivity index (χ2v) is 7.10. The zero-order valence-electron chi connectivity index (χ0n) is 14.4. The van der Waals surface area contributed by atoms with Crippen LogP contribution in [0.15, 0.2) is 40.4 Å². The van der Waals surface area contributed by atoms with Crippen LogP contribution in [0.5, 0.6) is 0 Å². The first-order valence-electron chi connectivity index (χ1n) is 7.92. The Morgan fingerprint density at radius 2 is 1.86 bits per heavy atom. The number of hydrogen-bond donors (Lipinski definition) is 0. The molecule has 0 radical (unpaired) electrons. The molecule has 1 aliphatic rings. The Balaban J connectivity index is 1.93. The maximum absolute atomic E-state index is 12.1. The van der Waals surface area contributed by atoms with Gasteiger partial charge in [-0.2, -0.15) is 0 Å². The number of fused-ring (bicyclic) bond motifs is 1. The van der Waals surface area contributed by atoms with E-state index < -0.39 is 0 Å². The van der Waals surface area contributed by atoms with Gasteiger partial charge in [-0.25, -0.2) is 0 Å². The number of Topliss-reactive ketones (excluding diaryl/α,β-unsaturated/α-hetero) is 1. The van der Waals surface area contributed by atoms with Crippen molar-refractivity contribution in [1.82, 2.24) is 0 Å². The smallest absolute Gasteiger partial charge is 0.164 e. The highest BCUT2D eigenvalue weighted by Crippen LogP contribution is 2.26. The number of ketones is 1. The molecule has 0 aromatic heterocycles. The minimum absolute atomic E-state index is 0.267. The van der Waals surface area contributed by atoms with Crippen LogP contribution in [0.2, 0.25) is 0 Å². The molecule has 0 amide bonds. The van der Waals surface area contributed by atoms with Crippen LogP contribution >= 0.6 is 0 Å². The van der Waals surface area contributed by atoms with Gasteiger partial charge in [-0.05, 0) is 38.0 Å². The van der Waals surface area contributed by atoms with Crippen LogP contribution in [0, 0.1) is 0 Å². The number of allylic oxidation sites excluding steroid dienone is 2. The predicted molar refractivity (Wildman–Crippen MR) is 92.8 cm³/mol. The summed E-state index contributed by atoms with van der Waals surface area (Å²) < 4.78 is 0.800. The van der Waals surface area contributed by atoms with Crippen molar-refractivity contribution in [3.05, 3.63) is 41.0 Å². The molecule has 0 N–H and O–H groups in total. The highest BCUT2D eigenvalue weighted by Gasteiger charge is 2.24. The van der Waals surface area contributed by atoms with Crippen LogP contribution in [-0.2, 0) is 11.2 Å². The van der Waals surface area contributed by atoms with E-state index in [9.17, 15) is 4.79 Å². The molecule has 0 aliphatic carbocycles. The van der Waals surface area contributed by atoms with E-state index in [0.29, 0.717) is 6.42 Å². The standard InChI is InChI=1S/C19H27N2O/c1-14(2)15(3)19(22)10-11-21(4,5)13-17-12-16-8-6-7-9-18(16)20-17/h6-9H,10-13H2,1-5H3/q+1. The molecule has 0 saturated heterocycles. The SMILES string of the molecule is CC(C)=C(C)C(=O)CC[N+](C)(C)CC1=Nc2ccccc2C1. The summed E-state index contributed by atoms with van der Waals surface area (Å²) in [7, 11) is 4.35. The van der Waals surface area contributed by atoms with E-state index in [0.717, 1.165) is 40.8 Å². The maximum atomic E-state index is 12.1. The Labute approximate surface area is 134 Å². The fourth-order valence-electron chi connectivity index (χ4n) is 2.73. The van der Waals surface area contributed by atoms with Crippen LogP contribution in [0.4, 0.5) is 5.69 Å². The van der Waals surface area contributed by atoms with Gasteiger partial charge in [-0.15, -0.1) is 0 Å². The number of carbonyl (C=O) groups is 1. The quantitative estimate of drug-likeness (QED) is 0.581. The summed E-state index contributed by atoms with van der Waals surface area (Å²) in [5.41, 5.74) is 5.66. The molecule has 0 saturated carbocycles. The summed E-state index contributed by atoms with van der Waals surface area (Å²) in [6, 6.07) is 8.32. The number of quaternary nitrogens is 1. The summed E-state index contributed by atoms with van der Waals surface area (Å²) in [4.78, 5) is 16.9. The molecule has 118 valence electrons. The Hall–Kier alpha value is -1.74. The van der Waals surface area contributed by atoms with Gasteiger partial charge in [0.25, 0.3) is 0 Å². The molecule has 1 heterocycles. The predicted octanol–water partition coefficient (Wildman–Crippen LogP) is 3.71. The van der Waals surface area contributed by atoms with Crippen molar-refractivity contribution in [2.75, 3.05) is 27.2 Å². The Kier molecular flexibility index (Phi) is 4.97. The summed E-state index contributed by atoms with van der Waals surface area (Å²) in [6.45, 7) is 7.67. The fourth-order valence-corrected chi connectivity index (χ4v) is 2.73. The zero-order chi connectivity index (χ0) is 16.3. The van der Waals surface area contributed by atoms with E-state index in [1.807, 2.05) is 26.8 Å². The lowest BCUT2D eigenvalue weighted by atomic mass is 10.0. The number of para-hydroxylation sites is 1. The maximum Gasteiger partial charge on any atom is 0.164 e. The summed E-state index contributed by atoms with van der Waals surface area (Å²) >= 11 is 0. The van der Waals surface area contributed by atoms with Crippen molar-refractivity contribution in [2.45, 2.75) is 33.6 Å². The number of nitrogens with zero attached hydrogens (tertiary/aromatic N) is 2. The van der Waals surface area contributed by atoms with Crippen molar-refractivity contribution in [1.29, 1.82) is 0 Å². The van der Waals surface area contributed by atoms with E-state index in [1.165, 1.54) is 11.3 Å². The number of rotatable bonds is 6. The minimum atomic E-state index is 0.267. The van der Waals surface area contributed by atoms with Gasteiger partial charge in [0.15, 0.2) is 5.78 Å². The van der Waals surface area contributed by atoms with Crippen molar-refractivity contribution < 1.29 is 9.28 Å². The first kappa shape index (κ1) is 16.6. The van der Waals surface area contributed by atoms with Crippen LogP contribution in [0.1, 0.15) is 32.8 Å². The number of aliphatic imine (C=N–C) groups is 1. The highest BCUT2D eigenvalue weighted by atomic mass is 16.1. The molecule has 0 spiro atoms. The molecular weight excluding hydrogens is 272 g/mol. The Bertz CT molecular complexity index is 635. The van der Waals surface area contributed by atoms with Crippen molar-refractivity contribution in [2.24, 2.45) is 4.99 Å². The summed E-state index contributed by atoms with van der Waals surface area (Å²) in [5, 5.41) is 0. The molecule has 0 atom stereocenters. The van der Waals surface area contributed by atoms with E-state index in [2.05, 4.69) is 32.3 Å². The van der Waals surface area contributed by atoms with Gasteiger partial charge in [-0.3, -0.25) is 9.79 Å². The molecule has 0 fully saturated rings. The normalized spacial score (nSPS) is 13.6. The van der Waals surface area contributed by atoms with Crippen LogP contribution in [0.3, 0.4) is 0 Å². The van der Waals surface area contributed by atoms with E-state index in [1.54, 1.807) is 0 Å². The summed E-state index contributed by atoms with van der Waals surface area (Å²) in [6.07, 6.45) is 1.54. The molecule has 1 aromatic carbocycles. The van der Waals surface area contributed by atoms with Crippen LogP contribution < -0.4 is 0 Å². The third-order valence-electron chi connectivity index (χ3n) is 4.39. The van der Waals surface area contributed by atoms with Crippen LogP contribution in [0.25, 0.3) is 0 Å². The summed E-state index contributed by atoms with van der Waals surface area (Å²) in [5.74, 6) is 0.267. The Morgan fingerprint density at radius 1 is 1.18 bits per heavy atom. The molecule has 0 bridgehead atoms. The largest absolute Gasteiger partial charge is 0.323 e. The number of benzene rings is 1. The van der Waals surface area contributed by atoms with Gasteiger partial charge >= 0.3 is 0 Å². The molecule has 1 aromatic rings. The van der Waals surface area contributed by atoms with Gasteiger partial charge in [0.05, 0.1) is 38.5 Å². The third-order valence-corrected chi connectivity index (χ3v) is 4.39. The van der Waals surface area contributed by atoms with E-state index in [-0.39, 0.29) is 5.78 Å². The monoisotopic (exact) mass is 299 g/mol. The van der Waals surface area contributed by atoms with Gasteiger partial charge in [-0.1, -0.05) is 23.8 Å². The van der Waals surface area contributed by atoms with Crippen LogP contribution in [-0.4, -0.2) is 43.2 Å². The van der Waals surface area contributed by atoms with E-state index >= 15 is 0 Å². The number of hydrogen-bond acceptors (Lipinski definition) is 2. The molecule has 1 aliphatic heterocycles. The van der Waals surface area contributed by atoms with Gasteiger partial charge in [0.2, 0.25) is 0 Å². The molecular formula is C19H27N2O+. The highest BCUT2D eigenvalue weighted by molar-refractivity contribution is 5.96. The van der Waals surface area contributed by atoms with Crippen molar-refractivity contribution in [3.8, 4) is 0 Å². The minimum Gasteiger partial charge on any atom is -0.323 e. The molecule has 0 unspecified atom stereocenters. The zero-order valence-corrected chi connectivity index (χ0v) is 14.4. The van der Waals surface area contributed by atoms with Gasteiger partial charge in [0, 0.05) is 6.42 Å². The fraction of sp³-hybridized carbons (Fsp3) is 0.474. The lowest BCUT2D eigenvalue weighted by molar-refractivity contribution is -0.880. The second kappa shape index (κ2) is 6.57. The van der Waals surface area contributed by atoms with Crippen molar-refractivity contribution >= 4 is 17.2 Å². The average Bonchev–Trinajstić information content (AvgIpc) is 2.85. The van der Waals surface area contributed by atoms with Gasteiger partial charge < -0.3 is 4.48 Å². The molecule has 3 nitrogen and oxygen atoms in total. The average molecular weight is 299 g/mol. The first-order valence-corrected chi connectivity index (χ1v) is 7.92. The van der Waals surface area contributed by atoms with Gasteiger partial charge in [0.1, 0.15) is 6.54 Å². The van der Waals surface area contributed by atoms with E-state index in [4.69, 9.17) is 4.99 Å². The molecule has 22 heavy (non-hydrogen) atoms. The topological polar surface area (TPSA) is 29.4 Å². The number of carbonyl (C=O) groups excluding carboxylic acids is 1. The lowest BCUT2D eigenvalue weighted by Gasteiger charge is -2.29. The second-order valence-electron chi connectivity index (χ2n) is 7.10. The third kappa shape index (κ3) is 4.14. The van der Waals surface area contributed by atoms with Crippen molar-refractivity contribution in [3.63, 3.8) is 0 Å².